The molecule has 0 saturated carbocycles. The highest BCUT2D eigenvalue weighted by Crippen LogP contribution is 2.35. The van der Waals surface area contributed by atoms with Gasteiger partial charge in [0.15, 0.2) is 11.5 Å². The molecule has 0 aliphatic heterocycles. The van der Waals surface area contributed by atoms with Gasteiger partial charge in [0.2, 0.25) is 0 Å². The number of aliphatic hydroxyl groups excluding tert-OH is 2. The number of phenols is 1. The molecule has 0 saturated heterocycles. The molecule has 0 fully saturated rings. The van der Waals surface area contributed by atoms with Gasteiger partial charge in [-0.3, -0.25) is 0 Å². The molecule has 0 aromatic heterocycles. The highest BCUT2D eigenvalue weighted by Gasteiger charge is 2.14. The van der Waals surface area contributed by atoms with Gasteiger partial charge in [-0.25, -0.2) is 0 Å². The normalized spacial score (nSPS) is 12.8. The fourth-order valence-electron chi connectivity index (χ4n) is 2.75. The van der Waals surface area contributed by atoms with Crippen LogP contribution in [0.1, 0.15) is 36.2 Å². The van der Waals surface area contributed by atoms with Gasteiger partial charge in [0, 0.05) is 20.0 Å². The monoisotopic (exact) mass is 496 g/mol. The maximum absolute atomic E-state index is 10.5. The minimum absolute atomic E-state index is 0.0618. The summed E-state index contributed by atoms with van der Waals surface area (Å²) in [7, 11) is 3.06. The second-order valence-electron chi connectivity index (χ2n) is 6.32. The molecule has 0 amide bonds. The number of aliphatic hydroxyl groups is 2. The summed E-state index contributed by atoms with van der Waals surface area (Å²) in [5.41, 5.74) is 5.43. The zero-order chi connectivity index (χ0) is 20.5. The Morgan fingerprint density at radius 1 is 1.11 bits per heavy atom. The second kappa shape index (κ2) is 11.2. The van der Waals surface area contributed by atoms with Crippen LogP contribution >= 0.6 is 22.6 Å². The molecule has 2 aromatic rings. The minimum Gasteiger partial charge on any atom is -0.504 e. The second-order valence-corrected chi connectivity index (χ2v) is 7.48. The maximum atomic E-state index is 10.5. The van der Waals surface area contributed by atoms with Crippen molar-refractivity contribution in [1.82, 2.24) is 0 Å². The molecular weight excluding hydrogens is 471 g/mol. The van der Waals surface area contributed by atoms with Gasteiger partial charge in [-0.1, -0.05) is 30.3 Å². The first-order valence-corrected chi connectivity index (χ1v) is 9.93. The third kappa shape index (κ3) is 6.36. The van der Waals surface area contributed by atoms with E-state index in [0.717, 1.165) is 11.1 Å². The molecule has 2 atom stereocenters. The Labute approximate surface area is 179 Å². The number of ether oxygens (including phenoxy) is 2. The summed E-state index contributed by atoms with van der Waals surface area (Å²) >= 11 is 1.99. The van der Waals surface area contributed by atoms with Gasteiger partial charge < -0.3 is 24.8 Å². The smallest absolute Gasteiger partial charge is 0.171 e. The van der Waals surface area contributed by atoms with Gasteiger partial charge in [0.25, 0.3) is 0 Å². The number of phenolic OH excluding ortho intramolecular Hbond substituents is 1. The molecule has 0 heterocycles. The Morgan fingerprint density at radius 3 is 2.46 bits per heavy atom. The van der Waals surface area contributed by atoms with E-state index in [9.17, 15) is 15.3 Å². The van der Waals surface area contributed by atoms with Gasteiger partial charge in [0.05, 0.1) is 29.5 Å². The van der Waals surface area contributed by atoms with E-state index in [1.807, 2.05) is 52.9 Å². The average molecular weight is 496 g/mol. The molecule has 0 bridgehead atoms. The van der Waals surface area contributed by atoms with Gasteiger partial charge in [-0.15, -0.1) is 5.73 Å². The quantitative estimate of drug-likeness (QED) is 0.357. The molecule has 150 valence electrons. The van der Waals surface area contributed by atoms with Gasteiger partial charge in [0.1, 0.15) is 0 Å². The number of rotatable bonds is 9. The van der Waals surface area contributed by atoms with E-state index in [2.05, 4.69) is 5.73 Å². The topological polar surface area (TPSA) is 79.2 Å². The predicted octanol–water partition coefficient (Wildman–Crippen LogP) is 4.28. The third-order valence-corrected chi connectivity index (χ3v) is 5.07. The Balaban J connectivity index is 2.11. The molecule has 28 heavy (non-hydrogen) atoms. The molecule has 6 heteroatoms. The SMILES string of the molecule is COCC(=C=CC[C@@H](O)c1cc(I)c(O)c(OC)c1)C[C@@H](O)c1ccccc1. The average Bonchev–Trinajstić information content (AvgIpc) is 2.70. The van der Waals surface area contributed by atoms with Crippen LogP contribution in [-0.2, 0) is 4.74 Å². The Hall–Kier alpha value is -1.83. The Morgan fingerprint density at radius 2 is 1.82 bits per heavy atom. The summed E-state index contributed by atoms with van der Waals surface area (Å²) in [6, 6.07) is 12.8. The van der Waals surface area contributed by atoms with E-state index in [-0.39, 0.29) is 5.75 Å². The van der Waals surface area contributed by atoms with Crippen molar-refractivity contribution in [3.63, 3.8) is 0 Å². The molecule has 2 aromatic carbocycles. The van der Waals surface area contributed by atoms with E-state index in [4.69, 9.17) is 9.47 Å². The van der Waals surface area contributed by atoms with Crippen LogP contribution in [0.3, 0.4) is 0 Å². The van der Waals surface area contributed by atoms with Crippen LogP contribution in [0.2, 0.25) is 0 Å². The zero-order valence-electron chi connectivity index (χ0n) is 15.9. The zero-order valence-corrected chi connectivity index (χ0v) is 18.1. The fraction of sp³-hybridized carbons (Fsp3) is 0.318. The number of benzene rings is 2. The van der Waals surface area contributed by atoms with Crippen LogP contribution in [0.15, 0.2) is 59.8 Å². The van der Waals surface area contributed by atoms with Crippen LogP contribution in [0, 0.1) is 3.57 Å². The van der Waals surface area contributed by atoms with E-state index in [1.54, 1.807) is 25.3 Å². The van der Waals surface area contributed by atoms with Crippen molar-refractivity contribution in [3.8, 4) is 11.5 Å². The number of hydrogen-bond donors (Lipinski definition) is 3. The van der Waals surface area contributed by atoms with Crippen molar-refractivity contribution in [2.24, 2.45) is 0 Å². The third-order valence-electron chi connectivity index (χ3n) is 4.25. The fourth-order valence-corrected chi connectivity index (χ4v) is 3.38. The highest BCUT2D eigenvalue weighted by atomic mass is 127. The largest absolute Gasteiger partial charge is 0.504 e. The maximum Gasteiger partial charge on any atom is 0.171 e. The summed E-state index contributed by atoms with van der Waals surface area (Å²) in [6.07, 6.45) is 1.07. The van der Waals surface area contributed by atoms with E-state index in [0.29, 0.717) is 34.3 Å². The lowest BCUT2D eigenvalue weighted by Gasteiger charge is -2.13. The van der Waals surface area contributed by atoms with Crippen molar-refractivity contribution >= 4 is 22.6 Å². The summed E-state index contributed by atoms with van der Waals surface area (Å²) in [5.74, 6) is 0.387. The summed E-state index contributed by atoms with van der Waals surface area (Å²) in [5, 5.41) is 30.8. The molecular formula is C22H25IO5. The minimum atomic E-state index is -0.765. The predicted molar refractivity (Wildman–Crippen MR) is 116 cm³/mol. The first-order chi connectivity index (χ1) is 13.5. The van der Waals surface area contributed by atoms with Crippen molar-refractivity contribution in [2.75, 3.05) is 20.8 Å². The van der Waals surface area contributed by atoms with Crippen LogP contribution in [0.25, 0.3) is 0 Å². The molecule has 0 spiro atoms. The Bertz CT molecular complexity index is 828. The molecule has 0 aliphatic carbocycles. The van der Waals surface area contributed by atoms with Crippen LogP contribution in [-0.4, -0.2) is 36.1 Å². The molecule has 0 unspecified atom stereocenters. The van der Waals surface area contributed by atoms with E-state index >= 15 is 0 Å². The first-order valence-electron chi connectivity index (χ1n) is 8.85. The van der Waals surface area contributed by atoms with Crippen LogP contribution in [0.5, 0.6) is 11.5 Å². The number of halogens is 1. The van der Waals surface area contributed by atoms with Gasteiger partial charge in [-0.05, 0) is 57.5 Å². The number of aromatic hydroxyl groups is 1. The van der Waals surface area contributed by atoms with Crippen LogP contribution < -0.4 is 4.74 Å². The Kier molecular flexibility index (Phi) is 9.02. The van der Waals surface area contributed by atoms with Crippen molar-refractivity contribution in [2.45, 2.75) is 25.0 Å². The lowest BCUT2D eigenvalue weighted by molar-refractivity contribution is 0.164. The standard InChI is InChI=1S/C22H25IO5/c1-27-14-15(11-20(25)16-8-4-3-5-9-16)7-6-10-19(24)17-12-18(23)22(26)21(13-17)28-2/h3-6,8-9,12-13,19-20,24-26H,10-11,14H2,1-2H3/t7?,19-,20-/m1/s1. The number of methoxy groups -OCH3 is 2. The molecule has 5 nitrogen and oxygen atoms in total. The van der Waals surface area contributed by atoms with Gasteiger partial charge >= 0.3 is 0 Å². The molecule has 0 aliphatic rings. The van der Waals surface area contributed by atoms with Crippen molar-refractivity contribution in [1.29, 1.82) is 0 Å². The van der Waals surface area contributed by atoms with E-state index in [1.165, 1.54) is 7.11 Å². The lowest BCUT2D eigenvalue weighted by Crippen LogP contribution is -2.03. The summed E-state index contributed by atoms with van der Waals surface area (Å²) < 4.78 is 10.9. The van der Waals surface area contributed by atoms with Crippen LogP contribution in [0.4, 0.5) is 0 Å². The molecule has 3 N–H and O–H groups in total. The highest BCUT2D eigenvalue weighted by molar-refractivity contribution is 14.1. The lowest BCUT2D eigenvalue weighted by atomic mass is 10.0. The summed E-state index contributed by atoms with van der Waals surface area (Å²) in [4.78, 5) is 0. The number of hydrogen-bond acceptors (Lipinski definition) is 5. The molecule has 2 rings (SSSR count). The first kappa shape index (κ1) is 22.5. The molecule has 0 radical (unpaired) electrons. The van der Waals surface area contributed by atoms with Crippen molar-refractivity contribution in [3.05, 3.63) is 74.5 Å². The van der Waals surface area contributed by atoms with Gasteiger partial charge in [-0.2, -0.15) is 0 Å². The van der Waals surface area contributed by atoms with E-state index < -0.39 is 12.2 Å². The van der Waals surface area contributed by atoms with Crippen molar-refractivity contribution < 1.29 is 24.8 Å². The summed E-state index contributed by atoms with van der Waals surface area (Å²) in [6.45, 7) is 0.349.